The van der Waals surface area contributed by atoms with Crippen molar-refractivity contribution >= 4 is 29.7 Å². The highest BCUT2D eigenvalue weighted by Crippen LogP contribution is 2.00. The van der Waals surface area contributed by atoms with Crippen molar-refractivity contribution in [3.8, 4) is 0 Å². The van der Waals surface area contributed by atoms with Crippen molar-refractivity contribution in [2.75, 3.05) is 18.6 Å². The van der Waals surface area contributed by atoms with E-state index in [9.17, 15) is 14.4 Å². The molecule has 0 fully saturated rings. The van der Waals surface area contributed by atoms with Gasteiger partial charge in [0.05, 0.1) is 6.54 Å². The van der Waals surface area contributed by atoms with Gasteiger partial charge in [0.1, 0.15) is 6.04 Å². The smallest absolute Gasteiger partial charge is 0.326 e. The Labute approximate surface area is 116 Å². The first-order valence-electron chi connectivity index (χ1n) is 5.92. The summed E-state index contributed by atoms with van der Waals surface area (Å²) in [5.41, 5.74) is 0. The molecular formula is C11H21N3O4S. The molecule has 0 aromatic rings. The van der Waals surface area contributed by atoms with Gasteiger partial charge in [-0.25, -0.2) is 9.59 Å². The summed E-state index contributed by atoms with van der Waals surface area (Å²) in [5.74, 6) is -0.776. The van der Waals surface area contributed by atoms with Gasteiger partial charge in [0.25, 0.3) is 0 Å². The molecule has 1 atom stereocenters. The van der Waals surface area contributed by atoms with Gasteiger partial charge in [0.2, 0.25) is 5.91 Å². The van der Waals surface area contributed by atoms with Crippen LogP contribution in [-0.2, 0) is 9.59 Å². The highest BCUT2D eigenvalue weighted by atomic mass is 32.2. The molecule has 0 aliphatic rings. The van der Waals surface area contributed by atoms with Crippen LogP contribution < -0.4 is 16.0 Å². The van der Waals surface area contributed by atoms with E-state index in [-0.39, 0.29) is 18.5 Å². The van der Waals surface area contributed by atoms with Crippen molar-refractivity contribution in [2.45, 2.75) is 32.4 Å². The maximum atomic E-state index is 11.4. The van der Waals surface area contributed by atoms with Crippen LogP contribution in [0.2, 0.25) is 0 Å². The summed E-state index contributed by atoms with van der Waals surface area (Å²) in [7, 11) is 0. The Kier molecular flexibility index (Phi) is 8.77. The van der Waals surface area contributed by atoms with E-state index in [0.717, 1.165) is 0 Å². The second-order valence-electron chi connectivity index (χ2n) is 4.22. The topological polar surface area (TPSA) is 108 Å². The lowest BCUT2D eigenvalue weighted by atomic mass is 10.2. The third-order valence-corrected chi connectivity index (χ3v) is 2.72. The average molecular weight is 291 g/mol. The average Bonchev–Trinajstić information content (AvgIpc) is 2.30. The Bertz CT molecular complexity index is 323. The van der Waals surface area contributed by atoms with E-state index in [0.29, 0.717) is 12.2 Å². The minimum Gasteiger partial charge on any atom is -0.480 e. The zero-order chi connectivity index (χ0) is 14.8. The molecule has 0 aliphatic heterocycles. The van der Waals surface area contributed by atoms with Crippen molar-refractivity contribution in [1.82, 2.24) is 16.0 Å². The van der Waals surface area contributed by atoms with E-state index in [1.807, 2.05) is 6.26 Å². The van der Waals surface area contributed by atoms with Gasteiger partial charge in [-0.05, 0) is 32.3 Å². The lowest BCUT2D eigenvalue weighted by molar-refractivity contribution is -0.139. The SMILES string of the molecule is CSCC[C@@H](NC(=O)NCC(=O)NC(C)C)C(=O)O. The molecule has 0 bridgehead atoms. The predicted octanol–water partition coefficient (Wildman–Crippen LogP) is 0.0165. The van der Waals surface area contributed by atoms with Crippen LogP contribution in [0, 0.1) is 0 Å². The third kappa shape index (κ3) is 9.18. The van der Waals surface area contributed by atoms with E-state index in [1.54, 1.807) is 13.8 Å². The Hall–Kier alpha value is -1.44. The number of amides is 3. The minimum atomic E-state index is -1.09. The molecule has 0 saturated carbocycles. The fourth-order valence-electron chi connectivity index (χ4n) is 1.24. The molecule has 0 aromatic carbocycles. The number of hydrogen-bond acceptors (Lipinski definition) is 4. The summed E-state index contributed by atoms with van der Waals surface area (Å²) in [6, 6.07) is -1.61. The Morgan fingerprint density at radius 3 is 2.32 bits per heavy atom. The van der Waals surface area contributed by atoms with Gasteiger partial charge in [-0.3, -0.25) is 4.79 Å². The molecule has 7 nitrogen and oxygen atoms in total. The zero-order valence-electron chi connectivity index (χ0n) is 11.4. The number of carboxylic acids is 1. The maximum Gasteiger partial charge on any atom is 0.326 e. The maximum absolute atomic E-state index is 11.4. The van der Waals surface area contributed by atoms with Gasteiger partial charge < -0.3 is 21.1 Å². The second-order valence-corrected chi connectivity index (χ2v) is 5.21. The zero-order valence-corrected chi connectivity index (χ0v) is 12.2. The Morgan fingerprint density at radius 2 is 1.84 bits per heavy atom. The lowest BCUT2D eigenvalue weighted by Gasteiger charge is -2.15. The third-order valence-electron chi connectivity index (χ3n) is 2.07. The van der Waals surface area contributed by atoms with E-state index in [4.69, 9.17) is 5.11 Å². The number of urea groups is 1. The van der Waals surface area contributed by atoms with Gasteiger partial charge in [0.15, 0.2) is 0 Å². The molecule has 4 N–H and O–H groups in total. The van der Waals surface area contributed by atoms with E-state index in [1.165, 1.54) is 11.8 Å². The van der Waals surface area contributed by atoms with Gasteiger partial charge >= 0.3 is 12.0 Å². The Balaban J connectivity index is 4.06. The molecule has 8 heteroatoms. The van der Waals surface area contributed by atoms with Crippen molar-refractivity contribution < 1.29 is 19.5 Å². The summed E-state index contributed by atoms with van der Waals surface area (Å²) in [4.78, 5) is 33.6. The fraction of sp³-hybridized carbons (Fsp3) is 0.727. The van der Waals surface area contributed by atoms with Crippen molar-refractivity contribution in [3.63, 3.8) is 0 Å². The molecule has 0 heterocycles. The first kappa shape index (κ1) is 17.6. The van der Waals surface area contributed by atoms with Gasteiger partial charge in [-0.15, -0.1) is 0 Å². The molecule has 0 spiro atoms. The van der Waals surface area contributed by atoms with Crippen LogP contribution in [0.5, 0.6) is 0 Å². The van der Waals surface area contributed by atoms with Crippen LogP contribution >= 0.6 is 11.8 Å². The summed E-state index contributed by atoms with van der Waals surface area (Å²) < 4.78 is 0. The number of nitrogens with one attached hydrogen (secondary N) is 3. The number of hydrogen-bond donors (Lipinski definition) is 4. The van der Waals surface area contributed by atoms with Crippen LogP contribution in [0.3, 0.4) is 0 Å². The number of carbonyl (C=O) groups excluding carboxylic acids is 2. The number of thioether (sulfide) groups is 1. The largest absolute Gasteiger partial charge is 0.480 e. The highest BCUT2D eigenvalue weighted by molar-refractivity contribution is 7.98. The molecule has 0 rings (SSSR count). The molecule has 0 unspecified atom stereocenters. The monoisotopic (exact) mass is 291 g/mol. The number of carboxylic acid groups (broad SMARTS) is 1. The van der Waals surface area contributed by atoms with Crippen LogP contribution in [0.25, 0.3) is 0 Å². The van der Waals surface area contributed by atoms with Crippen molar-refractivity contribution in [3.05, 3.63) is 0 Å². The number of rotatable bonds is 8. The first-order valence-corrected chi connectivity index (χ1v) is 7.31. The quantitative estimate of drug-likeness (QED) is 0.504. The van der Waals surface area contributed by atoms with Crippen molar-refractivity contribution in [2.24, 2.45) is 0 Å². The molecule has 0 aromatic heterocycles. The predicted molar refractivity (Wildman–Crippen MR) is 74.2 cm³/mol. The molecule has 110 valence electrons. The first-order chi connectivity index (χ1) is 8.86. The van der Waals surface area contributed by atoms with Crippen LogP contribution in [0.15, 0.2) is 0 Å². The van der Waals surface area contributed by atoms with Crippen LogP contribution in [0.4, 0.5) is 4.79 Å². The standard InChI is InChI=1S/C11H21N3O4S/c1-7(2)13-9(15)6-12-11(18)14-8(10(16)17)4-5-19-3/h7-8H,4-6H2,1-3H3,(H,13,15)(H,16,17)(H2,12,14,18)/t8-/m1/s1. The van der Waals surface area contributed by atoms with E-state index >= 15 is 0 Å². The summed E-state index contributed by atoms with van der Waals surface area (Å²) in [5, 5.41) is 16.2. The second kappa shape index (κ2) is 9.48. The fourth-order valence-corrected chi connectivity index (χ4v) is 1.71. The molecule has 3 amide bonds. The van der Waals surface area contributed by atoms with Crippen LogP contribution in [0.1, 0.15) is 20.3 Å². The van der Waals surface area contributed by atoms with E-state index in [2.05, 4.69) is 16.0 Å². The molecule has 0 radical (unpaired) electrons. The minimum absolute atomic E-state index is 0.00860. The molecule has 0 saturated heterocycles. The van der Waals surface area contributed by atoms with E-state index < -0.39 is 18.0 Å². The van der Waals surface area contributed by atoms with Gasteiger partial charge in [0, 0.05) is 6.04 Å². The number of aliphatic carboxylic acids is 1. The molecule has 0 aliphatic carbocycles. The lowest BCUT2D eigenvalue weighted by Crippen LogP contribution is -2.49. The van der Waals surface area contributed by atoms with Crippen molar-refractivity contribution in [1.29, 1.82) is 0 Å². The molecule has 19 heavy (non-hydrogen) atoms. The van der Waals surface area contributed by atoms with Gasteiger partial charge in [-0.1, -0.05) is 0 Å². The summed E-state index contributed by atoms with van der Waals surface area (Å²) in [6.45, 7) is 3.43. The number of carbonyl (C=O) groups is 3. The van der Waals surface area contributed by atoms with Crippen LogP contribution in [-0.4, -0.2) is 53.7 Å². The summed E-state index contributed by atoms with van der Waals surface area (Å²) >= 11 is 1.50. The summed E-state index contributed by atoms with van der Waals surface area (Å²) in [6.07, 6.45) is 2.19. The van der Waals surface area contributed by atoms with Gasteiger partial charge in [-0.2, -0.15) is 11.8 Å². The Morgan fingerprint density at radius 1 is 1.21 bits per heavy atom. The molecular weight excluding hydrogens is 270 g/mol. The highest BCUT2D eigenvalue weighted by Gasteiger charge is 2.19. The normalized spacial score (nSPS) is 11.8.